The summed E-state index contributed by atoms with van der Waals surface area (Å²) in [6.45, 7) is 2.37. The van der Waals surface area contributed by atoms with E-state index in [1.807, 2.05) is 36.0 Å². The van der Waals surface area contributed by atoms with Crippen molar-refractivity contribution in [2.75, 3.05) is 25.4 Å². The molecular weight excluding hydrogens is 412 g/mol. The van der Waals surface area contributed by atoms with Crippen LogP contribution in [0.4, 0.5) is 0 Å². The van der Waals surface area contributed by atoms with Crippen LogP contribution in [0.15, 0.2) is 28.7 Å². The first kappa shape index (κ1) is 18.4. The number of carbonyl (C=O) groups excluding carboxylic acids is 2. The van der Waals surface area contributed by atoms with Crippen LogP contribution in [-0.2, 0) is 4.79 Å². The molecule has 1 saturated carbocycles. The van der Waals surface area contributed by atoms with Crippen LogP contribution in [0.1, 0.15) is 48.9 Å². The Bertz CT molecular complexity index is 680. The zero-order valence-electron chi connectivity index (χ0n) is 15.0. The first-order valence-electron chi connectivity index (χ1n) is 9.59. The van der Waals surface area contributed by atoms with Gasteiger partial charge in [0.15, 0.2) is 0 Å². The average Bonchev–Trinajstić information content (AvgIpc) is 3.32. The van der Waals surface area contributed by atoms with Gasteiger partial charge in [0.1, 0.15) is 0 Å². The molecule has 4 rings (SSSR count). The number of hydrogen-bond acceptors (Lipinski definition) is 3. The Morgan fingerprint density at radius 3 is 2.35 bits per heavy atom. The van der Waals surface area contributed by atoms with Crippen molar-refractivity contribution >= 4 is 39.5 Å². The van der Waals surface area contributed by atoms with E-state index < -0.39 is 0 Å². The highest BCUT2D eigenvalue weighted by Gasteiger charge is 2.47. The molecule has 2 saturated heterocycles. The van der Waals surface area contributed by atoms with E-state index in [0.717, 1.165) is 61.1 Å². The maximum absolute atomic E-state index is 13.1. The molecule has 3 aliphatic rings. The Balaban J connectivity index is 1.44. The van der Waals surface area contributed by atoms with Crippen LogP contribution in [0.3, 0.4) is 0 Å². The minimum absolute atomic E-state index is 0.123. The van der Waals surface area contributed by atoms with Crippen LogP contribution >= 0.6 is 27.7 Å². The molecule has 2 amide bonds. The average molecular weight is 437 g/mol. The highest BCUT2D eigenvalue weighted by Crippen LogP contribution is 2.45. The highest BCUT2D eigenvalue weighted by atomic mass is 79.9. The van der Waals surface area contributed by atoms with Crippen molar-refractivity contribution in [1.29, 1.82) is 0 Å². The summed E-state index contributed by atoms with van der Waals surface area (Å²) >= 11 is 5.33. The van der Waals surface area contributed by atoms with E-state index in [1.165, 1.54) is 12.8 Å². The quantitative estimate of drug-likeness (QED) is 0.698. The fourth-order valence-electron chi connectivity index (χ4n) is 4.57. The number of amides is 2. The molecule has 1 aliphatic carbocycles. The van der Waals surface area contributed by atoms with E-state index in [-0.39, 0.29) is 16.7 Å². The van der Waals surface area contributed by atoms with Gasteiger partial charge in [-0.05, 0) is 49.9 Å². The lowest BCUT2D eigenvalue weighted by atomic mass is 9.98. The minimum atomic E-state index is -0.128. The molecule has 4 nitrogen and oxygen atoms in total. The summed E-state index contributed by atoms with van der Waals surface area (Å²) in [4.78, 5) is 29.8. The van der Waals surface area contributed by atoms with Crippen LogP contribution in [0.5, 0.6) is 0 Å². The van der Waals surface area contributed by atoms with E-state index in [0.29, 0.717) is 5.91 Å². The summed E-state index contributed by atoms with van der Waals surface area (Å²) in [7, 11) is 0. The van der Waals surface area contributed by atoms with Gasteiger partial charge < -0.3 is 9.80 Å². The van der Waals surface area contributed by atoms with Crippen molar-refractivity contribution in [2.24, 2.45) is 5.92 Å². The number of halogens is 1. The molecule has 140 valence electrons. The van der Waals surface area contributed by atoms with Crippen molar-refractivity contribution in [3.8, 4) is 0 Å². The summed E-state index contributed by atoms with van der Waals surface area (Å²) in [5.74, 6) is 1.71. The molecule has 1 spiro atoms. The van der Waals surface area contributed by atoms with Crippen LogP contribution in [-0.4, -0.2) is 51.9 Å². The molecule has 0 unspecified atom stereocenters. The normalized spacial score (nSPS) is 23.0. The van der Waals surface area contributed by atoms with E-state index in [2.05, 4.69) is 25.7 Å². The van der Waals surface area contributed by atoms with Gasteiger partial charge in [-0.25, -0.2) is 0 Å². The molecular formula is C20H25BrN2O2S. The lowest BCUT2D eigenvalue weighted by Gasteiger charge is -2.44. The van der Waals surface area contributed by atoms with Gasteiger partial charge in [-0.3, -0.25) is 9.59 Å². The van der Waals surface area contributed by atoms with E-state index in [1.54, 1.807) is 0 Å². The zero-order chi connectivity index (χ0) is 18.1. The maximum Gasteiger partial charge on any atom is 0.254 e. The molecule has 0 radical (unpaired) electrons. The van der Waals surface area contributed by atoms with E-state index in [4.69, 9.17) is 0 Å². The molecule has 3 fully saturated rings. The predicted molar refractivity (Wildman–Crippen MR) is 108 cm³/mol. The van der Waals surface area contributed by atoms with Gasteiger partial charge in [0.05, 0.1) is 4.87 Å². The third-order valence-corrected chi connectivity index (χ3v) is 8.16. The molecule has 0 aromatic heterocycles. The Hall–Kier alpha value is -1.01. The Morgan fingerprint density at radius 1 is 1.04 bits per heavy atom. The van der Waals surface area contributed by atoms with Crippen molar-refractivity contribution in [2.45, 2.75) is 43.4 Å². The van der Waals surface area contributed by atoms with E-state index in [9.17, 15) is 9.59 Å². The molecule has 1 aromatic carbocycles. The van der Waals surface area contributed by atoms with Gasteiger partial charge in [0.2, 0.25) is 5.91 Å². The van der Waals surface area contributed by atoms with Gasteiger partial charge in [-0.1, -0.05) is 28.8 Å². The largest absolute Gasteiger partial charge is 0.342 e. The van der Waals surface area contributed by atoms with Gasteiger partial charge in [-0.15, -0.1) is 11.8 Å². The monoisotopic (exact) mass is 436 g/mol. The van der Waals surface area contributed by atoms with Crippen molar-refractivity contribution in [3.05, 3.63) is 34.3 Å². The Labute approximate surface area is 167 Å². The second kappa shape index (κ2) is 7.55. The molecule has 26 heavy (non-hydrogen) atoms. The van der Waals surface area contributed by atoms with Crippen LogP contribution in [0.25, 0.3) is 0 Å². The fraction of sp³-hybridized carbons (Fsp3) is 0.600. The number of piperidine rings is 1. The number of rotatable bonds is 2. The summed E-state index contributed by atoms with van der Waals surface area (Å²) in [5.41, 5.74) is 0.750. The lowest BCUT2D eigenvalue weighted by molar-refractivity contribution is -0.137. The molecule has 0 bridgehead atoms. The zero-order valence-corrected chi connectivity index (χ0v) is 17.4. The number of thioether (sulfide) groups is 1. The van der Waals surface area contributed by atoms with Crippen LogP contribution < -0.4 is 0 Å². The number of benzene rings is 1. The standard InChI is InChI=1S/C20H25BrN2O2S/c21-17-7-5-16(6-8-17)19(25)23-13-14-26-20(23)9-11-22(12-10-20)18(24)15-3-1-2-4-15/h5-8,15H,1-4,9-14H2. The van der Waals surface area contributed by atoms with E-state index >= 15 is 0 Å². The first-order chi connectivity index (χ1) is 12.6. The van der Waals surface area contributed by atoms with Crippen molar-refractivity contribution < 1.29 is 9.59 Å². The summed E-state index contributed by atoms with van der Waals surface area (Å²) in [6, 6.07) is 7.63. The molecule has 2 aliphatic heterocycles. The van der Waals surface area contributed by atoms with Gasteiger partial charge in [0.25, 0.3) is 5.91 Å². The van der Waals surface area contributed by atoms with Crippen molar-refractivity contribution in [3.63, 3.8) is 0 Å². The minimum Gasteiger partial charge on any atom is -0.342 e. The summed E-state index contributed by atoms with van der Waals surface area (Å²) in [5, 5.41) is 0. The fourth-order valence-corrected chi connectivity index (χ4v) is 6.28. The second-order valence-corrected chi connectivity index (χ2v) is 9.94. The van der Waals surface area contributed by atoms with Gasteiger partial charge in [0, 0.05) is 41.3 Å². The molecule has 0 atom stereocenters. The second-order valence-electron chi connectivity index (χ2n) is 7.57. The Morgan fingerprint density at radius 2 is 1.69 bits per heavy atom. The third-order valence-electron chi connectivity index (χ3n) is 6.07. The van der Waals surface area contributed by atoms with Gasteiger partial charge in [-0.2, -0.15) is 0 Å². The summed E-state index contributed by atoms with van der Waals surface area (Å²) in [6.07, 6.45) is 6.28. The van der Waals surface area contributed by atoms with Crippen LogP contribution in [0, 0.1) is 5.92 Å². The lowest BCUT2D eigenvalue weighted by Crippen LogP contribution is -2.54. The van der Waals surface area contributed by atoms with Gasteiger partial charge >= 0.3 is 0 Å². The Kier molecular flexibility index (Phi) is 5.33. The SMILES string of the molecule is O=C(C1CCCC1)N1CCC2(CC1)SCCN2C(=O)c1ccc(Br)cc1. The predicted octanol–water partition coefficient (Wildman–Crippen LogP) is 4.15. The molecule has 1 aromatic rings. The van der Waals surface area contributed by atoms with Crippen LogP contribution in [0.2, 0.25) is 0 Å². The molecule has 2 heterocycles. The first-order valence-corrected chi connectivity index (χ1v) is 11.4. The van der Waals surface area contributed by atoms with Crippen molar-refractivity contribution in [1.82, 2.24) is 9.80 Å². The smallest absolute Gasteiger partial charge is 0.254 e. The molecule has 6 heteroatoms. The topological polar surface area (TPSA) is 40.6 Å². The number of carbonyl (C=O) groups is 2. The highest BCUT2D eigenvalue weighted by molar-refractivity contribution is 9.10. The molecule has 0 N–H and O–H groups in total. The number of nitrogens with zero attached hydrogens (tertiary/aromatic N) is 2. The third kappa shape index (κ3) is 3.42. The summed E-state index contributed by atoms with van der Waals surface area (Å²) < 4.78 is 0.985. The number of hydrogen-bond donors (Lipinski definition) is 0. The number of likely N-dealkylation sites (tertiary alicyclic amines) is 1. The maximum atomic E-state index is 13.1.